The van der Waals surface area contributed by atoms with Crippen molar-refractivity contribution in [2.75, 3.05) is 0 Å². The van der Waals surface area contributed by atoms with E-state index < -0.39 is 29.3 Å². The maximum atomic E-state index is 13.9. The SMILES string of the molecule is CCC(C)(C)N(C(=O)C(C)NC(=O)OC(C)(C)C)C(C(=O)NCc1ccccc1)c1ccc(C)cc1. The number of alkyl carbamates (subject to hydrolysis) is 1. The smallest absolute Gasteiger partial charge is 0.408 e. The average molecular weight is 496 g/mol. The van der Waals surface area contributed by atoms with Crippen LogP contribution in [0.15, 0.2) is 54.6 Å². The number of benzene rings is 2. The lowest BCUT2D eigenvalue weighted by Gasteiger charge is -2.44. The highest BCUT2D eigenvalue weighted by atomic mass is 16.6. The number of ether oxygens (including phenoxy) is 1. The molecule has 0 aliphatic carbocycles. The molecule has 0 radical (unpaired) electrons. The van der Waals surface area contributed by atoms with Crippen molar-refractivity contribution in [3.8, 4) is 0 Å². The normalized spacial score (nSPS) is 13.3. The first-order chi connectivity index (χ1) is 16.7. The number of rotatable bonds is 9. The Kier molecular flexibility index (Phi) is 9.68. The molecule has 2 rings (SSSR count). The summed E-state index contributed by atoms with van der Waals surface area (Å²) in [6, 6.07) is 15.4. The van der Waals surface area contributed by atoms with E-state index in [1.54, 1.807) is 32.6 Å². The van der Waals surface area contributed by atoms with Crippen LogP contribution in [0.4, 0.5) is 4.79 Å². The van der Waals surface area contributed by atoms with Gasteiger partial charge in [0.05, 0.1) is 0 Å². The summed E-state index contributed by atoms with van der Waals surface area (Å²) in [7, 11) is 0. The van der Waals surface area contributed by atoms with Crippen LogP contribution in [0.25, 0.3) is 0 Å². The van der Waals surface area contributed by atoms with Crippen molar-refractivity contribution >= 4 is 17.9 Å². The second kappa shape index (κ2) is 12.1. The number of aryl methyl sites for hydroxylation is 1. The number of nitrogens with zero attached hydrogens (tertiary/aromatic N) is 1. The molecule has 3 amide bonds. The predicted molar refractivity (Wildman–Crippen MR) is 142 cm³/mol. The van der Waals surface area contributed by atoms with Crippen LogP contribution in [0.5, 0.6) is 0 Å². The van der Waals surface area contributed by atoms with Gasteiger partial charge in [-0.2, -0.15) is 0 Å². The van der Waals surface area contributed by atoms with Gasteiger partial charge in [0, 0.05) is 12.1 Å². The maximum absolute atomic E-state index is 13.9. The molecule has 0 spiro atoms. The molecule has 7 nitrogen and oxygen atoms in total. The van der Waals surface area contributed by atoms with E-state index >= 15 is 0 Å². The van der Waals surface area contributed by atoms with Gasteiger partial charge >= 0.3 is 6.09 Å². The first-order valence-electron chi connectivity index (χ1n) is 12.5. The lowest BCUT2D eigenvalue weighted by atomic mass is 9.92. The molecule has 2 N–H and O–H groups in total. The summed E-state index contributed by atoms with van der Waals surface area (Å²) in [4.78, 5) is 41.6. The molecule has 0 aliphatic heterocycles. The van der Waals surface area contributed by atoms with E-state index in [0.29, 0.717) is 18.5 Å². The third-order valence-corrected chi connectivity index (χ3v) is 6.07. The van der Waals surface area contributed by atoms with Gasteiger partial charge in [0.15, 0.2) is 0 Å². The zero-order chi connectivity index (χ0) is 27.1. The van der Waals surface area contributed by atoms with Crippen molar-refractivity contribution < 1.29 is 19.1 Å². The third-order valence-electron chi connectivity index (χ3n) is 6.07. The highest BCUT2D eigenvalue weighted by molar-refractivity contribution is 5.92. The number of carbonyl (C=O) groups excluding carboxylic acids is 3. The minimum atomic E-state index is -0.902. The molecule has 2 atom stereocenters. The molecular weight excluding hydrogens is 454 g/mol. The van der Waals surface area contributed by atoms with Gasteiger partial charge in [-0.1, -0.05) is 67.1 Å². The number of hydrogen-bond acceptors (Lipinski definition) is 4. The van der Waals surface area contributed by atoms with Crippen LogP contribution >= 0.6 is 0 Å². The summed E-state index contributed by atoms with van der Waals surface area (Å²) in [5.74, 6) is -0.657. The Labute approximate surface area is 215 Å². The number of hydrogen-bond donors (Lipinski definition) is 2. The quantitative estimate of drug-likeness (QED) is 0.495. The first-order valence-corrected chi connectivity index (χ1v) is 12.5. The first kappa shape index (κ1) is 28.9. The highest BCUT2D eigenvalue weighted by Crippen LogP contribution is 2.32. The summed E-state index contributed by atoms with van der Waals surface area (Å²) >= 11 is 0. The van der Waals surface area contributed by atoms with Gasteiger partial charge in [-0.15, -0.1) is 0 Å². The summed E-state index contributed by atoms with van der Waals surface area (Å²) < 4.78 is 5.34. The maximum Gasteiger partial charge on any atom is 0.408 e. The Bertz CT molecular complexity index is 1030. The van der Waals surface area contributed by atoms with Gasteiger partial charge in [-0.3, -0.25) is 9.59 Å². The Morgan fingerprint density at radius 1 is 0.944 bits per heavy atom. The van der Waals surface area contributed by atoms with Crippen LogP contribution in [0.3, 0.4) is 0 Å². The molecule has 0 saturated carbocycles. The minimum absolute atomic E-state index is 0.290. The zero-order valence-electron chi connectivity index (χ0n) is 22.8. The van der Waals surface area contributed by atoms with Gasteiger partial charge < -0.3 is 20.3 Å². The third kappa shape index (κ3) is 8.11. The largest absolute Gasteiger partial charge is 0.444 e. The minimum Gasteiger partial charge on any atom is -0.444 e. The van der Waals surface area contributed by atoms with Gasteiger partial charge in [0.2, 0.25) is 11.8 Å². The molecule has 0 heterocycles. The van der Waals surface area contributed by atoms with Crippen molar-refractivity contribution in [2.24, 2.45) is 0 Å². The van der Waals surface area contributed by atoms with E-state index in [1.165, 1.54) is 0 Å². The molecule has 36 heavy (non-hydrogen) atoms. The highest BCUT2D eigenvalue weighted by Gasteiger charge is 2.42. The van der Waals surface area contributed by atoms with Crippen molar-refractivity contribution in [3.05, 3.63) is 71.3 Å². The molecule has 0 aliphatic rings. The van der Waals surface area contributed by atoms with Crippen LogP contribution in [0.2, 0.25) is 0 Å². The van der Waals surface area contributed by atoms with E-state index in [4.69, 9.17) is 4.74 Å². The van der Waals surface area contributed by atoms with Crippen molar-refractivity contribution in [1.82, 2.24) is 15.5 Å². The molecule has 0 aromatic heterocycles. The molecule has 0 bridgehead atoms. The van der Waals surface area contributed by atoms with Gasteiger partial charge in [0.25, 0.3) is 0 Å². The van der Waals surface area contributed by atoms with Crippen LogP contribution in [0.1, 0.15) is 77.6 Å². The monoisotopic (exact) mass is 495 g/mol. The molecule has 2 aromatic rings. The van der Waals surface area contributed by atoms with Crippen LogP contribution < -0.4 is 10.6 Å². The fraction of sp³-hybridized carbons (Fsp3) is 0.483. The van der Waals surface area contributed by atoms with E-state index in [2.05, 4.69) is 10.6 Å². The number of amides is 3. The fourth-order valence-corrected chi connectivity index (χ4v) is 3.75. The van der Waals surface area contributed by atoms with Crippen molar-refractivity contribution in [3.63, 3.8) is 0 Å². The fourth-order valence-electron chi connectivity index (χ4n) is 3.75. The Balaban J connectivity index is 2.44. The molecule has 0 saturated heterocycles. The van der Waals surface area contributed by atoms with Crippen LogP contribution in [-0.2, 0) is 20.9 Å². The number of nitrogens with one attached hydrogen (secondary N) is 2. The lowest BCUT2D eigenvalue weighted by Crippen LogP contribution is -2.58. The van der Waals surface area contributed by atoms with Crippen LogP contribution in [0, 0.1) is 6.92 Å². The van der Waals surface area contributed by atoms with E-state index in [-0.39, 0.29) is 11.8 Å². The summed E-state index contributed by atoms with van der Waals surface area (Å²) in [6.45, 7) is 15.0. The standard InChI is InChI=1S/C29H41N3O4/c1-9-29(7,8)32(26(34)21(3)31-27(35)36-28(4,5)6)24(23-17-15-20(2)16-18-23)25(33)30-19-22-13-11-10-12-14-22/h10-18,21,24H,9,19H2,1-8H3,(H,30,33)(H,31,35). The predicted octanol–water partition coefficient (Wildman–Crippen LogP) is 5.28. The van der Waals surface area contributed by atoms with Gasteiger partial charge in [0.1, 0.15) is 17.7 Å². The van der Waals surface area contributed by atoms with E-state index in [1.807, 2.05) is 82.3 Å². The Morgan fingerprint density at radius 3 is 2.06 bits per heavy atom. The van der Waals surface area contributed by atoms with Crippen molar-refractivity contribution in [1.29, 1.82) is 0 Å². The Hall–Kier alpha value is -3.35. The van der Waals surface area contributed by atoms with E-state index in [0.717, 1.165) is 11.1 Å². The second-order valence-corrected chi connectivity index (χ2v) is 10.8. The molecule has 2 unspecified atom stereocenters. The zero-order valence-corrected chi connectivity index (χ0v) is 22.8. The summed E-state index contributed by atoms with van der Waals surface area (Å²) in [6.07, 6.45) is -0.0790. The second-order valence-electron chi connectivity index (χ2n) is 10.8. The van der Waals surface area contributed by atoms with Crippen molar-refractivity contribution in [2.45, 2.75) is 91.6 Å². The molecule has 0 fully saturated rings. The van der Waals surface area contributed by atoms with Crippen LogP contribution in [-0.4, -0.2) is 40.0 Å². The van der Waals surface area contributed by atoms with E-state index in [9.17, 15) is 14.4 Å². The summed E-state index contributed by atoms with van der Waals surface area (Å²) in [5.41, 5.74) is 1.33. The number of carbonyl (C=O) groups is 3. The molecule has 196 valence electrons. The molecule has 2 aromatic carbocycles. The average Bonchev–Trinajstić information content (AvgIpc) is 2.80. The molecule has 7 heteroatoms. The Morgan fingerprint density at radius 2 is 1.53 bits per heavy atom. The topological polar surface area (TPSA) is 87.7 Å². The lowest BCUT2D eigenvalue weighted by molar-refractivity contribution is -0.149. The molecular formula is C29H41N3O4. The van der Waals surface area contributed by atoms with Gasteiger partial charge in [-0.25, -0.2) is 4.79 Å². The van der Waals surface area contributed by atoms with Gasteiger partial charge in [-0.05, 0) is 66.0 Å². The summed E-state index contributed by atoms with van der Waals surface area (Å²) in [5, 5.41) is 5.65.